The molecule has 37 heavy (non-hydrogen) atoms. The number of halogens is 3. The summed E-state index contributed by atoms with van der Waals surface area (Å²) in [6, 6.07) is 9.49. The number of hydrogen-bond donors (Lipinski definition) is 0. The highest BCUT2D eigenvalue weighted by Crippen LogP contribution is 2.37. The second-order valence-corrected chi connectivity index (χ2v) is 17.6. The minimum absolute atomic E-state index is 0.0223. The number of carbonyl (C=O) groups excluding carboxylic acids is 2. The lowest BCUT2D eigenvalue weighted by molar-refractivity contribution is -0.148. The van der Waals surface area contributed by atoms with Crippen LogP contribution in [0.2, 0.25) is 18.1 Å². The van der Waals surface area contributed by atoms with Crippen LogP contribution in [0, 0.1) is 0 Å². The zero-order chi connectivity index (χ0) is 28.3. The molecule has 0 spiro atoms. The smallest absolute Gasteiger partial charge is 0.330 e. The molecular weight excluding hydrogens is 555 g/mol. The second kappa shape index (κ2) is 15.3. The monoisotopic (exact) mass is 592 g/mol. The molecule has 0 aliphatic carbocycles. The fourth-order valence-electron chi connectivity index (χ4n) is 2.86. The molecule has 208 valence electrons. The van der Waals surface area contributed by atoms with Gasteiger partial charge in [-0.25, -0.2) is 9.59 Å². The highest BCUT2D eigenvalue weighted by molar-refractivity contribution is 6.74. The van der Waals surface area contributed by atoms with Crippen molar-refractivity contribution in [2.75, 3.05) is 6.61 Å². The van der Waals surface area contributed by atoms with Crippen LogP contribution in [0.3, 0.4) is 0 Å². The number of carbonyl (C=O) groups is 2. The molecule has 0 unspecified atom stereocenters. The Morgan fingerprint density at radius 3 is 2.19 bits per heavy atom. The Morgan fingerprint density at radius 1 is 1.00 bits per heavy atom. The van der Waals surface area contributed by atoms with Crippen LogP contribution in [0.15, 0.2) is 54.6 Å². The van der Waals surface area contributed by atoms with Crippen LogP contribution in [0.25, 0.3) is 0 Å². The van der Waals surface area contributed by atoms with Crippen molar-refractivity contribution < 1.29 is 28.2 Å². The summed E-state index contributed by atoms with van der Waals surface area (Å²) >= 11 is 16.8. The van der Waals surface area contributed by atoms with Crippen molar-refractivity contribution in [3.8, 4) is 0 Å². The minimum Gasteiger partial charge on any atom is -0.458 e. The van der Waals surface area contributed by atoms with E-state index in [9.17, 15) is 9.59 Å². The van der Waals surface area contributed by atoms with Crippen LogP contribution in [0.4, 0.5) is 0 Å². The number of hydrogen-bond acceptors (Lipinski definition) is 6. The summed E-state index contributed by atoms with van der Waals surface area (Å²) in [7, 11) is -1.89. The first-order chi connectivity index (χ1) is 17.0. The molecule has 1 aromatic rings. The summed E-state index contributed by atoms with van der Waals surface area (Å²) in [4.78, 5) is 24.5. The van der Waals surface area contributed by atoms with Crippen molar-refractivity contribution in [1.82, 2.24) is 0 Å². The molecule has 1 rings (SSSR count). The number of esters is 2. The van der Waals surface area contributed by atoms with E-state index in [1.165, 1.54) is 12.2 Å². The Kier molecular flexibility index (Phi) is 13.9. The lowest BCUT2D eigenvalue weighted by atomic mass is 10.2. The van der Waals surface area contributed by atoms with Crippen LogP contribution >= 0.6 is 34.8 Å². The fourth-order valence-corrected chi connectivity index (χ4v) is 4.48. The topological polar surface area (TPSA) is 71.1 Å². The molecule has 3 atom stereocenters. The van der Waals surface area contributed by atoms with Crippen molar-refractivity contribution in [3.63, 3.8) is 0 Å². The maximum Gasteiger partial charge on any atom is 0.330 e. The van der Waals surface area contributed by atoms with Gasteiger partial charge in [-0.1, -0.05) is 92.0 Å². The van der Waals surface area contributed by atoms with E-state index >= 15 is 0 Å². The Balaban J connectivity index is 2.75. The third-order valence-electron chi connectivity index (χ3n) is 5.87. The Labute approximate surface area is 237 Å². The van der Waals surface area contributed by atoms with E-state index in [1.807, 2.05) is 37.3 Å². The Morgan fingerprint density at radius 2 is 1.62 bits per heavy atom. The molecule has 0 radical (unpaired) electrons. The third kappa shape index (κ3) is 14.4. The van der Waals surface area contributed by atoms with Gasteiger partial charge in [-0.05, 0) is 50.0 Å². The number of ether oxygens (including phenoxy) is 3. The lowest BCUT2D eigenvalue weighted by Crippen LogP contribution is -2.43. The average molecular weight is 594 g/mol. The van der Waals surface area contributed by atoms with Gasteiger partial charge < -0.3 is 18.6 Å². The molecule has 0 aliphatic rings. The standard InChI is InChI=1S/C27H39Cl3O6Si/c1-20(36-37(6,7)26(3,4)5)12-11-15-25(32)35-21(2)23(33-18-22-13-9-8-10-14-22)16-17-24(31)34-19-27(28,29)30/h8-11,13-17,20-21,23H,12,18-19H2,1-7H3/b15-11+,17-16+/t20-,21-,23+/m0/s1. The van der Waals surface area contributed by atoms with E-state index in [2.05, 4.69) is 33.9 Å². The van der Waals surface area contributed by atoms with Gasteiger partial charge in [-0.3, -0.25) is 0 Å². The summed E-state index contributed by atoms with van der Waals surface area (Å²) in [6.45, 7) is 14.5. The molecule has 0 saturated carbocycles. The third-order valence-corrected chi connectivity index (χ3v) is 10.8. The summed E-state index contributed by atoms with van der Waals surface area (Å²) in [5, 5.41) is 0.106. The van der Waals surface area contributed by atoms with E-state index in [0.717, 1.165) is 11.6 Å². The first kappa shape index (κ1) is 33.7. The van der Waals surface area contributed by atoms with E-state index in [4.69, 9.17) is 53.4 Å². The van der Waals surface area contributed by atoms with Crippen molar-refractivity contribution in [2.24, 2.45) is 0 Å². The molecule has 0 aromatic heterocycles. The molecule has 0 bridgehead atoms. The summed E-state index contributed by atoms with van der Waals surface area (Å²) < 4.78 is 21.0. The van der Waals surface area contributed by atoms with Crippen molar-refractivity contribution in [2.45, 2.75) is 87.9 Å². The van der Waals surface area contributed by atoms with Gasteiger partial charge in [0.25, 0.3) is 0 Å². The predicted octanol–water partition coefficient (Wildman–Crippen LogP) is 7.33. The van der Waals surface area contributed by atoms with Crippen LogP contribution in [0.5, 0.6) is 0 Å². The first-order valence-electron chi connectivity index (χ1n) is 12.1. The van der Waals surface area contributed by atoms with E-state index in [-0.39, 0.29) is 17.7 Å². The summed E-state index contributed by atoms with van der Waals surface area (Å²) in [5.41, 5.74) is 0.925. The largest absolute Gasteiger partial charge is 0.458 e. The lowest BCUT2D eigenvalue weighted by Gasteiger charge is -2.38. The molecule has 6 nitrogen and oxygen atoms in total. The van der Waals surface area contributed by atoms with Crippen molar-refractivity contribution in [1.29, 1.82) is 0 Å². The van der Waals surface area contributed by atoms with E-state index in [1.54, 1.807) is 13.0 Å². The zero-order valence-electron chi connectivity index (χ0n) is 22.6. The number of rotatable bonds is 13. The summed E-state index contributed by atoms with van der Waals surface area (Å²) in [5.74, 6) is -1.23. The molecule has 10 heteroatoms. The van der Waals surface area contributed by atoms with Crippen LogP contribution in [-0.2, 0) is 34.8 Å². The van der Waals surface area contributed by atoms with Gasteiger partial charge in [0, 0.05) is 18.3 Å². The molecule has 1 aromatic carbocycles. The maximum absolute atomic E-state index is 12.5. The number of alkyl halides is 3. The highest BCUT2D eigenvalue weighted by atomic mass is 35.6. The van der Waals surface area contributed by atoms with Gasteiger partial charge in [-0.15, -0.1) is 0 Å². The normalized spacial score (nSPS) is 15.5. The van der Waals surface area contributed by atoms with Crippen molar-refractivity contribution in [3.05, 3.63) is 60.2 Å². The Bertz CT molecular complexity index is 907. The van der Waals surface area contributed by atoms with Gasteiger partial charge in [0.2, 0.25) is 3.79 Å². The van der Waals surface area contributed by atoms with Crippen LogP contribution < -0.4 is 0 Å². The van der Waals surface area contributed by atoms with Crippen molar-refractivity contribution >= 4 is 55.1 Å². The molecule has 0 heterocycles. The van der Waals surface area contributed by atoms with Crippen LogP contribution in [-0.4, -0.2) is 49.0 Å². The van der Waals surface area contributed by atoms with E-state index < -0.39 is 42.9 Å². The fraction of sp³-hybridized carbons (Fsp3) is 0.556. The molecule has 0 amide bonds. The zero-order valence-corrected chi connectivity index (χ0v) is 25.9. The molecule has 0 saturated heterocycles. The number of benzene rings is 1. The second-order valence-electron chi connectivity index (χ2n) is 10.3. The van der Waals surface area contributed by atoms with E-state index in [0.29, 0.717) is 6.42 Å². The minimum atomic E-state index is -1.89. The molecular formula is C27H39Cl3O6Si. The molecule has 0 fully saturated rings. The van der Waals surface area contributed by atoms with Gasteiger partial charge in [0.15, 0.2) is 8.32 Å². The predicted molar refractivity (Wildman–Crippen MR) is 152 cm³/mol. The average Bonchev–Trinajstić information content (AvgIpc) is 2.76. The summed E-state index contributed by atoms with van der Waals surface area (Å²) in [6.07, 6.45) is 4.89. The van der Waals surface area contributed by atoms with Gasteiger partial charge in [0.1, 0.15) is 18.8 Å². The van der Waals surface area contributed by atoms with Crippen LogP contribution in [0.1, 0.15) is 46.6 Å². The SMILES string of the molecule is C[C@H](OC(=O)/C=C/C[C@H](C)O[Si](C)(C)C(C)(C)C)[C@@H](/C=C/C(=O)OCC(Cl)(Cl)Cl)OCc1ccccc1. The highest BCUT2D eigenvalue weighted by Gasteiger charge is 2.38. The molecule has 0 aliphatic heterocycles. The molecule has 0 N–H and O–H groups in total. The van der Waals surface area contributed by atoms with Gasteiger partial charge in [0.05, 0.1) is 6.61 Å². The van der Waals surface area contributed by atoms with Gasteiger partial charge in [-0.2, -0.15) is 0 Å². The maximum atomic E-state index is 12.5. The Hall–Kier alpha value is -1.35. The first-order valence-corrected chi connectivity index (χ1v) is 16.2. The quantitative estimate of drug-likeness (QED) is 0.103. The van der Waals surface area contributed by atoms with Gasteiger partial charge >= 0.3 is 11.9 Å².